The van der Waals surface area contributed by atoms with Crippen molar-refractivity contribution in [3.8, 4) is 0 Å². The predicted octanol–water partition coefficient (Wildman–Crippen LogP) is 1.36. The fourth-order valence-electron chi connectivity index (χ4n) is 2.53. The molecule has 3 atom stereocenters. The summed E-state index contributed by atoms with van der Waals surface area (Å²) in [5.41, 5.74) is -2.38. The fraction of sp³-hybridized carbons (Fsp3) is 0.462. The molecule has 0 saturated heterocycles. The lowest BCUT2D eigenvalue weighted by molar-refractivity contribution is -0.167. The molecular weight excluding hydrogens is 258 g/mol. The maximum Gasteiger partial charge on any atom is 0.340 e. The van der Waals surface area contributed by atoms with Gasteiger partial charge in [0.1, 0.15) is 6.10 Å². The van der Waals surface area contributed by atoms with E-state index in [2.05, 4.69) is 0 Å². The van der Waals surface area contributed by atoms with Gasteiger partial charge in [-0.25, -0.2) is 13.6 Å². The Morgan fingerprint density at radius 2 is 1.89 bits per heavy atom. The monoisotopic (exact) mass is 272 g/mol. The molecule has 3 N–H and O–H groups in total. The number of hydrogen-bond donors (Lipinski definition) is 3. The van der Waals surface area contributed by atoms with E-state index in [9.17, 15) is 28.9 Å². The van der Waals surface area contributed by atoms with Crippen molar-refractivity contribution in [3.05, 3.63) is 35.9 Å². The highest BCUT2D eigenvalue weighted by Crippen LogP contribution is 2.47. The third-order valence-electron chi connectivity index (χ3n) is 3.64. The first-order chi connectivity index (χ1) is 8.78. The molecule has 0 heterocycles. The fourth-order valence-corrected chi connectivity index (χ4v) is 2.53. The van der Waals surface area contributed by atoms with Crippen molar-refractivity contribution in [1.82, 2.24) is 0 Å². The van der Waals surface area contributed by atoms with E-state index in [0.717, 1.165) is 0 Å². The maximum absolute atomic E-state index is 13.3. The van der Waals surface area contributed by atoms with Gasteiger partial charge < -0.3 is 15.3 Å². The van der Waals surface area contributed by atoms with Gasteiger partial charge in [0.05, 0.1) is 0 Å². The van der Waals surface area contributed by atoms with E-state index in [1.165, 1.54) is 24.3 Å². The number of halogens is 2. The Labute approximate surface area is 108 Å². The third-order valence-corrected chi connectivity index (χ3v) is 3.64. The predicted molar refractivity (Wildman–Crippen MR) is 61.7 cm³/mol. The molecule has 6 heteroatoms. The molecule has 1 saturated carbocycles. The van der Waals surface area contributed by atoms with Crippen LogP contribution in [0.15, 0.2) is 30.3 Å². The average Bonchev–Trinajstić information content (AvgIpc) is 2.64. The molecule has 104 valence electrons. The Hall–Kier alpha value is -1.53. The molecule has 0 aromatic heterocycles. The molecule has 0 spiro atoms. The number of aliphatic hydroxyl groups excluding tert-OH is 1. The van der Waals surface area contributed by atoms with E-state index in [0.29, 0.717) is 0 Å². The van der Waals surface area contributed by atoms with Crippen LogP contribution in [0.2, 0.25) is 0 Å². The van der Waals surface area contributed by atoms with Gasteiger partial charge in [0.15, 0.2) is 5.60 Å². The van der Waals surface area contributed by atoms with Crippen LogP contribution in [0.1, 0.15) is 18.4 Å². The number of carboxylic acid groups (broad SMARTS) is 1. The van der Waals surface area contributed by atoms with Crippen LogP contribution >= 0.6 is 0 Å². The quantitative estimate of drug-likeness (QED) is 0.776. The zero-order chi connectivity index (χ0) is 14.3. The normalized spacial score (nSPS) is 28.8. The van der Waals surface area contributed by atoms with Crippen LogP contribution in [0.5, 0.6) is 0 Å². The molecule has 1 aliphatic rings. The summed E-state index contributed by atoms with van der Waals surface area (Å²) < 4.78 is 26.7. The molecule has 0 bridgehead atoms. The Morgan fingerprint density at radius 1 is 1.32 bits per heavy atom. The van der Waals surface area contributed by atoms with E-state index in [1.807, 2.05) is 0 Å². The standard InChI is InChI=1S/C13H14F2O4/c14-12(15)7-9(6-10(12)16)13(19,11(17)18)8-4-2-1-3-5-8/h1-5,9-10,16,19H,6-7H2,(H,17,18)/t9-,10?,13+/m1/s1. The molecule has 1 aromatic carbocycles. The molecule has 0 aliphatic heterocycles. The summed E-state index contributed by atoms with van der Waals surface area (Å²) in [4.78, 5) is 11.3. The summed E-state index contributed by atoms with van der Waals surface area (Å²) in [6, 6.07) is 7.41. The number of carbonyl (C=O) groups is 1. The van der Waals surface area contributed by atoms with E-state index in [-0.39, 0.29) is 5.56 Å². The summed E-state index contributed by atoms with van der Waals surface area (Å²) >= 11 is 0. The molecular formula is C13H14F2O4. The van der Waals surface area contributed by atoms with Gasteiger partial charge in [-0.05, 0) is 12.0 Å². The van der Waals surface area contributed by atoms with Gasteiger partial charge in [-0.15, -0.1) is 0 Å². The second-order valence-corrected chi connectivity index (χ2v) is 4.85. The first-order valence-corrected chi connectivity index (χ1v) is 5.85. The lowest BCUT2D eigenvalue weighted by Crippen LogP contribution is -2.42. The molecule has 1 unspecified atom stereocenters. The Kier molecular flexibility index (Phi) is 3.32. The minimum atomic E-state index is -3.37. The lowest BCUT2D eigenvalue weighted by atomic mass is 9.80. The van der Waals surface area contributed by atoms with Crippen LogP contribution in [0.4, 0.5) is 8.78 Å². The Bertz CT molecular complexity index is 477. The second-order valence-electron chi connectivity index (χ2n) is 4.85. The molecule has 1 aromatic rings. The van der Waals surface area contributed by atoms with Crippen LogP contribution in [-0.2, 0) is 10.4 Å². The van der Waals surface area contributed by atoms with Crippen molar-refractivity contribution in [1.29, 1.82) is 0 Å². The minimum absolute atomic E-state index is 0.0393. The van der Waals surface area contributed by atoms with Crippen molar-refractivity contribution >= 4 is 5.97 Å². The molecule has 1 fully saturated rings. The van der Waals surface area contributed by atoms with Crippen molar-refractivity contribution in [2.45, 2.75) is 30.5 Å². The van der Waals surface area contributed by atoms with Crippen molar-refractivity contribution < 1.29 is 28.9 Å². The maximum atomic E-state index is 13.3. The highest BCUT2D eigenvalue weighted by Gasteiger charge is 2.58. The largest absolute Gasteiger partial charge is 0.479 e. The third kappa shape index (κ3) is 2.21. The van der Waals surface area contributed by atoms with Crippen LogP contribution in [0.3, 0.4) is 0 Å². The first kappa shape index (κ1) is 13.9. The second kappa shape index (κ2) is 4.54. The van der Waals surface area contributed by atoms with E-state index >= 15 is 0 Å². The van der Waals surface area contributed by atoms with E-state index in [1.54, 1.807) is 6.07 Å². The Morgan fingerprint density at radius 3 is 2.32 bits per heavy atom. The van der Waals surface area contributed by atoms with Crippen molar-refractivity contribution in [3.63, 3.8) is 0 Å². The van der Waals surface area contributed by atoms with Gasteiger partial charge >= 0.3 is 5.97 Å². The smallest absolute Gasteiger partial charge is 0.340 e. The number of aliphatic carboxylic acids is 1. The van der Waals surface area contributed by atoms with Crippen LogP contribution < -0.4 is 0 Å². The summed E-state index contributed by atoms with van der Waals surface area (Å²) in [6.07, 6.45) is -3.23. The molecule has 0 radical (unpaired) electrons. The number of hydrogen-bond acceptors (Lipinski definition) is 3. The number of alkyl halides is 2. The van der Waals surface area contributed by atoms with Crippen molar-refractivity contribution in [2.24, 2.45) is 5.92 Å². The summed E-state index contributed by atoms with van der Waals surface area (Å²) in [7, 11) is 0. The van der Waals surface area contributed by atoms with Gasteiger partial charge in [-0.1, -0.05) is 30.3 Å². The zero-order valence-electron chi connectivity index (χ0n) is 9.96. The summed E-state index contributed by atoms with van der Waals surface area (Å²) in [5.74, 6) is -6.20. The number of rotatable bonds is 3. The molecule has 1 aliphatic carbocycles. The minimum Gasteiger partial charge on any atom is -0.479 e. The summed E-state index contributed by atoms with van der Waals surface area (Å²) in [6.45, 7) is 0. The van der Waals surface area contributed by atoms with Crippen LogP contribution in [0, 0.1) is 5.92 Å². The first-order valence-electron chi connectivity index (χ1n) is 5.85. The van der Waals surface area contributed by atoms with Gasteiger partial charge in [0.2, 0.25) is 0 Å². The van der Waals surface area contributed by atoms with Crippen molar-refractivity contribution in [2.75, 3.05) is 0 Å². The SMILES string of the molecule is O=C(O)[C@](O)(c1ccccc1)[C@@H]1CC(O)C(F)(F)C1. The van der Waals surface area contributed by atoms with Gasteiger partial charge in [0, 0.05) is 12.3 Å². The highest BCUT2D eigenvalue weighted by atomic mass is 19.3. The van der Waals surface area contributed by atoms with E-state index < -0.39 is 42.4 Å². The number of benzene rings is 1. The highest BCUT2D eigenvalue weighted by molar-refractivity contribution is 5.79. The molecule has 0 amide bonds. The van der Waals surface area contributed by atoms with E-state index in [4.69, 9.17) is 0 Å². The lowest BCUT2D eigenvalue weighted by Gasteiger charge is -2.30. The zero-order valence-corrected chi connectivity index (χ0v) is 9.96. The Balaban J connectivity index is 2.40. The molecule has 2 rings (SSSR count). The summed E-state index contributed by atoms with van der Waals surface area (Å²) in [5, 5.41) is 28.9. The van der Waals surface area contributed by atoms with Crippen LogP contribution in [0.25, 0.3) is 0 Å². The molecule has 19 heavy (non-hydrogen) atoms. The van der Waals surface area contributed by atoms with Gasteiger partial charge in [0.25, 0.3) is 5.92 Å². The topological polar surface area (TPSA) is 77.8 Å². The molecule has 4 nitrogen and oxygen atoms in total. The van der Waals surface area contributed by atoms with Crippen LogP contribution in [-0.4, -0.2) is 33.3 Å². The van der Waals surface area contributed by atoms with Gasteiger partial charge in [-0.3, -0.25) is 0 Å². The average molecular weight is 272 g/mol. The van der Waals surface area contributed by atoms with Gasteiger partial charge in [-0.2, -0.15) is 0 Å². The number of carboxylic acids is 1. The number of aliphatic hydroxyl groups is 2.